The third-order valence-corrected chi connectivity index (χ3v) is 8.27. The van der Waals surface area contributed by atoms with Gasteiger partial charge in [0.15, 0.2) is 5.76 Å². The molecule has 1 aromatic heterocycles. The largest absolute Gasteiger partial charge is 0.457 e. The summed E-state index contributed by atoms with van der Waals surface area (Å²) in [6, 6.07) is 30.7. The number of hydrogen-bond donors (Lipinski definition) is 2. The predicted molar refractivity (Wildman–Crippen MR) is 174 cm³/mol. The molecular weight excluding hydrogens is 607 g/mol. The number of nitrogens with zero attached hydrogens (tertiary/aromatic N) is 1. The lowest BCUT2D eigenvalue weighted by Gasteiger charge is -2.21. The average Bonchev–Trinajstić information content (AvgIpc) is 3.51. The number of halogens is 1. The molecule has 0 aliphatic carbocycles. The summed E-state index contributed by atoms with van der Waals surface area (Å²) in [5.41, 5.74) is 5.17. The van der Waals surface area contributed by atoms with E-state index in [-0.39, 0.29) is 23.7 Å². The van der Waals surface area contributed by atoms with Crippen molar-refractivity contribution in [2.75, 3.05) is 12.3 Å². The predicted octanol–water partition coefficient (Wildman–Crippen LogP) is 7.56. The Kier molecular flexibility index (Phi) is 9.69. The van der Waals surface area contributed by atoms with Gasteiger partial charge in [-0.05, 0) is 89.2 Å². The van der Waals surface area contributed by atoms with Crippen molar-refractivity contribution in [2.24, 2.45) is 0 Å². The van der Waals surface area contributed by atoms with Crippen LogP contribution in [0.2, 0.25) is 0 Å². The van der Waals surface area contributed by atoms with Gasteiger partial charge in [0.05, 0.1) is 11.4 Å². The number of rotatable bonds is 11. The fourth-order valence-corrected chi connectivity index (χ4v) is 5.31. The van der Waals surface area contributed by atoms with E-state index >= 15 is 0 Å². The minimum Gasteiger partial charge on any atom is -0.457 e. The smallest absolute Gasteiger partial charge is 0.266 e. The van der Waals surface area contributed by atoms with E-state index in [0.29, 0.717) is 29.2 Å². The van der Waals surface area contributed by atoms with E-state index in [1.54, 1.807) is 24.3 Å². The molecule has 10 heteroatoms. The topological polar surface area (TPSA) is 119 Å². The first-order chi connectivity index (χ1) is 21.8. The van der Waals surface area contributed by atoms with Crippen molar-refractivity contribution in [3.8, 4) is 22.8 Å². The summed E-state index contributed by atoms with van der Waals surface area (Å²) < 4.78 is 55.6. The second-order valence-corrected chi connectivity index (χ2v) is 13.6. The van der Waals surface area contributed by atoms with Crippen LogP contribution < -0.4 is 10.1 Å². The molecule has 238 valence electrons. The highest BCUT2D eigenvalue weighted by molar-refractivity contribution is 7.85. The molecule has 0 saturated carbocycles. The van der Waals surface area contributed by atoms with Crippen LogP contribution in [-0.4, -0.2) is 36.3 Å². The highest BCUT2D eigenvalue weighted by atomic mass is 32.2. The molecule has 4 aromatic carbocycles. The molecular formula is C36H35FN2O6S. The van der Waals surface area contributed by atoms with Crippen LogP contribution in [-0.2, 0) is 22.0 Å². The molecule has 46 heavy (non-hydrogen) atoms. The van der Waals surface area contributed by atoms with Crippen molar-refractivity contribution >= 4 is 16.0 Å². The second-order valence-electron chi connectivity index (χ2n) is 12.1. The number of carbonyl (C=O) groups excluding carboxylic acids is 1. The Balaban J connectivity index is 1.36. The summed E-state index contributed by atoms with van der Waals surface area (Å²) in [5, 5.41) is 6.96. The van der Waals surface area contributed by atoms with Gasteiger partial charge in [0.2, 0.25) is 0 Å². The van der Waals surface area contributed by atoms with Gasteiger partial charge in [-0.15, -0.1) is 0 Å². The van der Waals surface area contributed by atoms with Crippen molar-refractivity contribution in [1.82, 2.24) is 10.5 Å². The lowest BCUT2D eigenvalue weighted by molar-refractivity contribution is 0.0956. The molecule has 0 spiro atoms. The highest BCUT2D eigenvalue weighted by Crippen LogP contribution is 2.34. The van der Waals surface area contributed by atoms with E-state index in [9.17, 15) is 17.6 Å². The van der Waals surface area contributed by atoms with Gasteiger partial charge in [-0.1, -0.05) is 62.3 Å². The zero-order chi connectivity index (χ0) is 32.9. The first-order valence-electron chi connectivity index (χ1n) is 14.8. The van der Waals surface area contributed by atoms with E-state index in [4.69, 9.17) is 13.8 Å². The number of nitrogens with one attached hydrogen (secondary N) is 1. The molecule has 0 aliphatic heterocycles. The monoisotopic (exact) mass is 642 g/mol. The van der Waals surface area contributed by atoms with Crippen LogP contribution >= 0.6 is 0 Å². The van der Waals surface area contributed by atoms with Gasteiger partial charge in [-0.3, -0.25) is 9.35 Å². The van der Waals surface area contributed by atoms with Crippen molar-refractivity contribution in [3.63, 3.8) is 0 Å². The normalized spacial score (nSPS) is 12.5. The van der Waals surface area contributed by atoms with Crippen molar-refractivity contribution in [1.29, 1.82) is 0 Å². The number of aromatic nitrogens is 1. The summed E-state index contributed by atoms with van der Waals surface area (Å²) in [6.45, 7) is 6.31. The molecule has 5 aromatic rings. The minimum absolute atomic E-state index is 0.000564. The third kappa shape index (κ3) is 8.68. The molecule has 0 bridgehead atoms. The van der Waals surface area contributed by atoms with Crippen LogP contribution in [0.15, 0.2) is 108 Å². The first-order valence-corrected chi connectivity index (χ1v) is 16.4. The molecule has 2 N–H and O–H groups in total. The van der Waals surface area contributed by atoms with Gasteiger partial charge in [-0.2, -0.15) is 8.42 Å². The van der Waals surface area contributed by atoms with Crippen LogP contribution in [0.4, 0.5) is 4.39 Å². The summed E-state index contributed by atoms with van der Waals surface area (Å²) in [5.74, 6) is 0.256. The summed E-state index contributed by atoms with van der Waals surface area (Å²) >= 11 is 0. The summed E-state index contributed by atoms with van der Waals surface area (Å²) in [6.07, 6.45) is 0.579. The standard InChI is InChI=1S/C36H35FN2O6S/c1-36(2,3)28-12-8-25(9-13-28)32(22-24-4-6-27(7-5-24)35(40)38-20-21-46(41,42)43)33-23-34(45-39-33)26-10-16-30(17-11-26)44-31-18-14-29(37)15-19-31/h4-19,23,32H,20-22H2,1-3H3,(H,38,40)(H,41,42,43). The van der Waals surface area contributed by atoms with Gasteiger partial charge in [0.1, 0.15) is 17.3 Å². The summed E-state index contributed by atoms with van der Waals surface area (Å²) in [4.78, 5) is 12.5. The highest BCUT2D eigenvalue weighted by Gasteiger charge is 2.22. The number of benzene rings is 4. The molecule has 8 nitrogen and oxygen atoms in total. The molecule has 0 aliphatic rings. The van der Waals surface area contributed by atoms with E-state index in [0.717, 1.165) is 22.4 Å². The zero-order valence-corrected chi connectivity index (χ0v) is 26.6. The Morgan fingerprint density at radius 1 is 0.913 bits per heavy atom. The van der Waals surface area contributed by atoms with Gasteiger partial charge >= 0.3 is 0 Å². The fourth-order valence-electron chi connectivity index (χ4n) is 4.95. The lowest BCUT2D eigenvalue weighted by Crippen LogP contribution is -2.28. The third-order valence-electron chi connectivity index (χ3n) is 7.55. The Morgan fingerprint density at radius 2 is 1.52 bits per heavy atom. The minimum atomic E-state index is -4.16. The molecule has 1 amide bonds. The maximum absolute atomic E-state index is 13.2. The van der Waals surface area contributed by atoms with Crippen LogP contribution in [0.25, 0.3) is 11.3 Å². The zero-order valence-electron chi connectivity index (χ0n) is 25.7. The molecule has 1 atom stereocenters. The Morgan fingerprint density at radius 3 is 2.11 bits per heavy atom. The van der Waals surface area contributed by atoms with E-state index < -0.39 is 21.8 Å². The van der Waals surface area contributed by atoms with Crippen LogP contribution in [0.5, 0.6) is 11.5 Å². The number of hydrogen-bond acceptors (Lipinski definition) is 6. The lowest BCUT2D eigenvalue weighted by atomic mass is 9.83. The van der Waals surface area contributed by atoms with Crippen LogP contribution in [0, 0.1) is 5.82 Å². The Bertz CT molecular complexity index is 1880. The SMILES string of the molecule is CC(C)(C)c1ccc(C(Cc2ccc(C(=O)NCCS(=O)(=O)O)cc2)c2cc(-c3ccc(Oc4ccc(F)cc4)cc3)on2)cc1. The number of carbonyl (C=O) groups is 1. The molecule has 1 unspecified atom stereocenters. The van der Waals surface area contributed by atoms with Gasteiger partial charge in [-0.25, -0.2) is 4.39 Å². The van der Waals surface area contributed by atoms with Crippen molar-refractivity contribution in [3.05, 3.63) is 137 Å². The maximum Gasteiger partial charge on any atom is 0.266 e. The van der Waals surface area contributed by atoms with Crippen LogP contribution in [0.3, 0.4) is 0 Å². The van der Waals surface area contributed by atoms with E-state index in [2.05, 4.69) is 55.5 Å². The second kappa shape index (κ2) is 13.7. The van der Waals surface area contributed by atoms with Crippen molar-refractivity contribution < 1.29 is 31.4 Å². The van der Waals surface area contributed by atoms with Crippen LogP contribution in [0.1, 0.15) is 59.4 Å². The average molecular weight is 643 g/mol. The number of amides is 1. The Hall–Kier alpha value is -4.80. The van der Waals surface area contributed by atoms with E-state index in [1.165, 1.54) is 17.7 Å². The summed E-state index contributed by atoms with van der Waals surface area (Å²) in [7, 11) is -4.16. The first kappa shape index (κ1) is 32.6. The van der Waals surface area contributed by atoms with Gasteiger partial charge in [0, 0.05) is 29.7 Å². The fraction of sp³-hybridized carbons (Fsp3) is 0.222. The van der Waals surface area contributed by atoms with Crippen molar-refractivity contribution in [2.45, 2.75) is 38.5 Å². The molecule has 1 heterocycles. The quantitative estimate of drug-likeness (QED) is 0.143. The molecule has 0 fully saturated rings. The Labute approximate surface area is 268 Å². The molecule has 5 rings (SSSR count). The number of ether oxygens (including phenoxy) is 1. The molecule has 0 saturated heterocycles. The maximum atomic E-state index is 13.2. The van der Waals surface area contributed by atoms with E-state index in [1.807, 2.05) is 42.5 Å². The van der Waals surface area contributed by atoms with Gasteiger partial charge in [0.25, 0.3) is 16.0 Å². The van der Waals surface area contributed by atoms with Gasteiger partial charge < -0.3 is 14.6 Å². The molecule has 0 radical (unpaired) electrons.